The summed E-state index contributed by atoms with van der Waals surface area (Å²) in [7, 11) is 0. The number of hydrogen-bond acceptors (Lipinski definition) is 3. The van der Waals surface area contributed by atoms with Crippen LogP contribution >= 0.6 is 23.2 Å². The molecule has 0 unspecified atom stereocenters. The number of halogens is 3. The third kappa shape index (κ3) is 5.87. The lowest BCUT2D eigenvalue weighted by Crippen LogP contribution is -2.20. The molecular weight excluding hydrogens is 402 g/mol. The molecular formula is C21H17Cl2FN2O2. The summed E-state index contributed by atoms with van der Waals surface area (Å²) >= 11 is 12.1. The first-order valence-corrected chi connectivity index (χ1v) is 9.21. The van der Waals surface area contributed by atoms with E-state index in [-0.39, 0.29) is 18.3 Å². The molecule has 1 amide bonds. The van der Waals surface area contributed by atoms with E-state index in [0.717, 1.165) is 11.3 Å². The number of carbonyl (C=O) groups is 1. The number of rotatable bonds is 7. The highest BCUT2D eigenvalue weighted by Gasteiger charge is 2.08. The highest BCUT2D eigenvalue weighted by molar-refractivity contribution is 6.32. The molecule has 0 radical (unpaired) electrons. The fraction of sp³-hybridized carbons (Fsp3) is 0.0952. The second-order valence-electron chi connectivity index (χ2n) is 5.97. The van der Waals surface area contributed by atoms with Crippen LogP contribution in [-0.4, -0.2) is 12.5 Å². The van der Waals surface area contributed by atoms with Gasteiger partial charge in [0.2, 0.25) is 0 Å². The predicted octanol–water partition coefficient (Wildman–Crippen LogP) is 5.76. The minimum Gasteiger partial charge on any atom is -0.482 e. The Morgan fingerprint density at radius 2 is 1.61 bits per heavy atom. The van der Waals surface area contributed by atoms with Gasteiger partial charge in [-0.05, 0) is 66.2 Å². The minimum atomic E-state index is -0.369. The first-order valence-electron chi connectivity index (χ1n) is 8.46. The fourth-order valence-electron chi connectivity index (χ4n) is 2.42. The normalized spacial score (nSPS) is 10.4. The van der Waals surface area contributed by atoms with Crippen LogP contribution in [0.5, 0.6) is 5.75 Å². The lowest BCUT2D eigenvalue weighted by atomic mass is 10.2. The molecule has 28 heavy (non-hydrogen) atoms. The van der Waals surface area contributed by atoms with Gasteiger partial charge in [0.25, 0.3) is 5.91 Å². The quantitative estimate of drug-likeness (QED) is 0.512. The van der Waals surface area contributed by atoms with E-state index in [9.17, 15) is 9.18 Å². The Kier molecular flexibility index (Phi) is 6.74. The summed E-state index contributed by atoms with van der Waals surface area (Å²) in [5, 5.41) is 6.97. The van der Waals surface area contributed by atoms with E-state index in [1.165, 1.54) is 24.3 Å². The van der Waals surface area contributed by atoms with Gasteiger partial charge in [0.15, 0.2) is 6.61 Å². The van der Waals surface area contributed by atoms with Crippen LogP contribution in [0.15, 0.2) is 66.7 Å². The largest absolute Gasteiger partial charge is 0.482 e. The van der Waals surface area contributed by atoms with E-state index in [4.69, 9.17) is 27.9 Å². The highest BCUT2D eigenvalue weighted by atomic mass is 35.5. The Balaban J connectivity index is 1.51. The third-order valence-corrected chi connectivity index (χ3v) is 4.37. The summed E-state index contributed by atoms with van der Waals surface area (Å²) in [4.78, 5) is 11.9. The summed E-state index contributed by atoms with van der Waals surface area (Å²) in [6.45, 7) is 0.367. The molecule has 0 fully saturated rings. The summed E-state index contributed by atoms with van der Waals surface area (Å²) < 4.78 is 18.3. The lowest BCUT2D eigenvalue weighted by Gasteiger charge is -2.11. The first kappa shape index (κ1) is 20.0. The Hall–Kier alpha value is -2.76. The average Bonchev–Trinajstić information content (AvgIpc) is 2.68. The zero-order chi connectivity index (χ0) is 19.9. The van der Waals surface area contributed by atoms with E-state index in [0.29, 0.717) is 28.0 Å². The maximum Gasteiger partial charge on any atom is 0.262 e. The van der Waals surface area contributed by atoms with Gasteiger partial charge in [-0.15, -0.1) is 0 Å². The molecule has 0 spiro atoms. The molecule has 0 heterocycles. The Bertz CT molecular complexity index is 948. The monoisotopic (exact) mass is 418 g/mol. The van der Waals surface area contributed by atoms with Crippen molar-refractivity contribution in [3.05, 3.63) is 88.2 Å². The van der Waals surface area contributed by atoms with Gasteiger partial charge in [0.1, 0.15) is 11.6 Å². The number of ether oxygens (including phenoxy) is 1. The molecule has 4 nitrogen and oxygen atoms in total. The van der Waals surface area contributed by atoms with E-state index in [1.807, 2.05) is 30.3 Å². The van der Waals surface area contributed by atoms with Crippen LogP contribution in [0.4, 0.5) is 15.8 Å². The van der Waals surface area contributed by atoms with Crippen LogP contribution in [0.25, 0.3) is 0 Å². The second-order valence-corrected chi connectivity index (χ2v) is 6.81. The SMILES string of the molecule is O=C(COc1ccc(CNc2ccc(Cl)cc2)cc1Cl)Nc1ccc(F)cc1. The van der Waals surface area contributed by atoms with Crippen LogP contribution in [0.3, 0.4) is 0 Å². The number of nitrogens with one attached hydrogen (secondary N) is 2. The standard InChI is InChI=1S/C21H17Cl2FN2O2/c22-15-2-6-17(7-3-15)25-12-14-1-10-20(19(23)11-14)28-13-21(27)26-18-8-4-16(24)5-9-18/h1-11,25H,12-13H2,(H,26,27). The smallest absolute Gasteiger partial charge is 0.262 e. The maximum absolute atomic E-state index is 12.9. The van der Waals surface area contributed by atoms with E-state index in [2.05, 4.69) is 10.6 Å². The molecule has 0 aliphatic heterocycles. The molecule has 0 atom stereocenters. The van der Waals surface area contributed by atoms with Crippen molar-refractivity contribution in [3.8, 4) is 5.75 Å². The number of hydrogen-bond donors (Lipinski definition) is 2. The molecule has 0 aliphatic rings. The lowest BCUT2D eigenvalue weighted by molar-refractivity contribution is -0.118. The van der Waals surface area contributed by atoms with Gasteiger partial charge in [-0.1, -0.05) is 29.3 Å². The van der Waals surface area contributed by atoms with Crippen molar-refractivity contribution in [2.45, 2.75) is 6.54 Å². The van der Waals surface area contributed by atoms with Crippen molar-refractivity contribution >= 4 is 40.5 Å². The average molecular weight is 419 g/mol. The molecule has 2 N–H and O–H groups in total. The van der Waals surface area contributed by atoms with E-state index >= 15 is 0 Å². The molecule has 7 heteroatoms. The van der Waals surface area contributed by atoms with Crippen LogP contribution in [0.1, 0.15) is 5.56 Å². The molecule has 0 saturated carbocycles. The van der Waals surface area contributed by atoms with Crippen molar-refractivity contribution in [1.29, 1.82) is 0 Å². The van der Waals surface area contributed by atoms with Crippen LogP contribution in [0, 0.1) is 5.82 Å². The van der Waals surface area contributed by atoms with Crippen molar-refractivity contribution in [2.75, 3.05) is 17.2 Å². The van der Waals surface area contributed by atoms with Gasteiger partial charge in [0, 0.05) is 22.9 Å². The van der Waals surface area contributed by atoms with Crippen molar-refractivity contribution in [3.63, 3.8) is 0 Å². The van der Waals surface area contributed by atoms with Gasteiger partial charge in [-0.25, -0.2) is 4.39 Å². The minimum absolute atomic E-state index is 0.209. The topological polar surface area (TPSA) is 50.4 Å². The number of benzene rings is 3. The summed E-state index contributed by atoms with van der Waals surface area (Å²) in [5.74, 6) is -0.325. The predicted molar refractivity (Wildman–Crippen MR) is 111 cm³/mol. The summed E-state index contributed by atoms with van der Waals surface area (Å²) in [5.41, 5.74) is 2.39. The fourth-order valence-corrected chi connectivity index (χ4v) is 2.80. The molecule has 0 aromatic heterocycles. The number of carbonyl (C=O) groups excluding carboxylic acids is 1. The maximum atomic E-state index is 12.9. The zero-order valence-corrected chi connectivity index (χ0v) is 16.2. The molecule has 0 bridgehead atoms. The highest BCUT2D eigenvalue weighted by Crippen LogP contribution is 2.26. The van der Waals surface area contributed by atoms with Crippen molar-refractivity contribution < 1.29 is 13.9 Å². The molecule has 0 aliphatic carbocycles. The Morgan fingerprint density at radius 3 is 2.29 bits per heavy atom. The van der Waals surface area contributed by atoms with Crippen LogP contribution in [-0.2, 0) is 11.3 Å². The van der Waals surface area contributed by atoms with Gasteiger partial charge in [-0.2, -0.15) is 0 Å². The van der Waals surface area contributed by atoms with Gasteiger partial charge >= 0.3 is 0 Å². The molecule has 0 saturated heterocycles. The third-order valence-electron chi connectivity index (χ3n) is 3.82. The first-order chi connectivity index (χ1) is 13.5. The van der Waals surface area contributed by atoms with Gasteiger partial charge in [0.05, 0.1) is 5.02 Å². The van der Waals surface area contributed by atoms with Gasteiger partial charge < -0.3 is 15.4 Å². The van der Waals surface area contributed by atoms with Gasteiger partial charge in [-0.3, -0.25) is 4.79 Å². The van der Waals surface area contributed by atoms with E-state index in [1.54, 1.807) is 12.1 Å². The molecule has 3 aromatic rings. The van der Waals surface area contributed by atoms with E-state index < -0.39 is 0 Å². The molecule has 144 valence electrons. The van der Waals surface area contributed by atoms with Crippen LogP contribution in [0.2, 0.25) is 10.0 Å². The number of anilines is 2. The molecule has 3 aromatic carbocycles. The van der Waals surface area contributed by atoms with Crippen molar-refractivity contribution in [1.82, 2.24) is 0 Å². The number of amides is 1. The molecule has 3 rings (SSSR count). The summed E-state index contributed by atoms with van der Waals surface area (Å²) in [6, 6.07) is 18.2. The van der Waals surface area contributed by atoms with Crippen LogP contribution < -0.4 is 15.4 Å². The second kappa shape index (κ2) is 9.44. The van der Waals surface area contributed by atoms with Crippen molar-refractivity contribution in [2.24, 2.45) is 0 Å². The Labute approximate surface area is 172 Å². The zero-order valence-electron chi connectivity index (χ0n) is 14.7. The summed E-state index contributed by atoms with van der Waals surface area (Å²) in [6.07, 6.45) is 0. The Morgan fingerprint density at radius 1 is 0.929 bits per heavy atom.